The van der Waals surface area contributed by atoms with Gasteiger partial charge in [0.25, 0.3) is 11.8 Å². The van der Waals surface area contributed by atoms with E-state index in [0.29, 0.717) is 33.5 Å². The van der Waals surface area contributed by atoms with Gasteiger partial charge in [-0.2, -0.15) is 18.3 Å². The van der Waals surface area contributed by atoms with Gasteiger partial charge in [-0.05, 0) is 36.2 Å². The van der Waals surface area contributed by atoms with Crippen molar-refractivity contribution >= 4 is 50.0 Å². The number of benzene rings is 2. The van der Waals surface area contributed by atoms with Crippen LogP contribution in [-0.4, -0.2) is 31.6 Å². The molecule has 0 unspecified atom stereocenters. The first-order valence-corrected chi connectivity index (χ1v) is 13.4. The number of nitrogens with one attached hydrogen (secondary N) is 1. The molecular formula is C30H21F3N6O2S. The van der Waals surface area contributed by atoms with E-state index < -0.39 is 23.7 Å². The Balaban J connectivity index is 1.57. The Morgan fingerprint density at radius 3 is 2.36 bits per heavy atom. The molecule has 0 fully saturated rings. The fourth-order valence-electron chi connectivity index (χ4n) is 4.81. The largest absolute Gasteiger partial charge is 0.433 e. The highest BCUT2D eigenvalue weighted by Gasteiger charge is 2.35. The number of alkyl halides is 3. The lowest BCUT2D eigenvalue weighted by Crippen LogP contribution is -2.17. The summed E-state index contributed by atoms with van der Waals surface area (Å²) >= 11 is 0.693. The normalized spacial score (nSPS) is 11.7. The van der Waals surface area contributed by atoms with E-state index in [0.717, 1.165) is 17.3 Å². The predicted molar refractivity (Wildman–Crippen MR) is 155 cm³/mol. The summed E-state index contributed by atoms with van der Waals surface area (Å²) < 4.78 is 43.2. The van der Waals surface area contributed by atoms with Crippen LogP contribution in [0.15, 0.2) is 72.9 Å². The summed E-state index contributed by atoms with van der Waals surface area (Å²) in [6.45, 7) is 1.88. The molecule has 4 aromatic heterocycles. The van der Waals surface area contributed by atoms with Crippen LogP contribution in [-0.2, 0) is 13.2 Å². The molecule has 0 radical (unpaired) electrons. The average Bonchev–Trinajstić information content (AvgIpc) is 3.51. The third-order valence-electron chi connectivity index (χ3n) is 6.97. The smallest absolute Gasteiger partial charge is 0.365 e. The molecule has 6 rings (SSSR count). The Morgan fingerprint density at radius 1 is 0.976 bits per heavy atom. The summed E-state index contributed by atoms with van der Waals surface area (Å²) in [4.78, 5) is 34.8. The fraction of sp³-hybridized carbons (Fsp3) is 0.100. The van der Waals surface area contributed by atoms with Crippen molar-refractivity contribution in [2.24, 2.45) is 12.8 Å². The van der Waals surface area contributed by atoms with Crippen LogP contribution in [0.1, 0.15) is 31.4 Å². The molecular weight excluding hydrogens is 565 g/mol. The zero-order valence-corrected chi connectivity index (χ0v) is 23.0. The number of thiophene rings is 1. The lowest BCUT2D eigenvalue weighted by atomic mass is 10.0. The lowest BCUT2D eigenvalue weighted by molar-refractivity contribution is -0.140. The highest BCUT2D eigenvalue weighted by atomic mass is 32.1. The first-order chi connectivity index (χ1) is 20.0. The number of primary amides is 1. The molecule has 3 N–H and O–H groups in total. The number of aromatic nitrogens is 4. The van der Waals surface area contributed by atoms with E-state index in [1.54, 1.807) is 78.6 Å². The topological polar surface area (TPSA) is 116 Å². The van der Waals surface area contributed by atoms with E-state index in [-0.39, 0.29) is 31.9 Å². The number of carbonyl (C=O) groups excluding carboxylic acids is 2. The maximum atomic E-state index is 14.0. The second-order valence-corrected chi connectivity index (χ2v) is 10.6. The van der Waals surface area contributed by atoms with Crippen LogP contribution in [0.2, 0.25) is 0 Å². The molecule has 0 saturated carbocycles. The van der Waals surface area contributed by atoms with Crippen molar-refractivity contribution in [2.75, 3.05) is 5.32 Å². The van der Waals surface area contributed by atoms with Gasteiger partial charge in [0.15, 0.2) is 0 Å². The number of para-hydroxylation sites is 1. The summed E-state index contributed by atoms with van der Waals surface area (Å²) in [5.41, 5.74) is 8.00. The minimum atomic E-state index is -4.74. The number of hydrogen-bond acceptors (Lipinski definition) is 6. The van der Waals surface area contributed by atoms with Gasteiger partial charge in [-0.1, -0.05) is 48.5 Å². The lowest BCUT2D eigenvalue weighted by Gasteiger charge is -2.13. The fourth-order valence-corrected chi connectivity index (χ4v) is 5.82. The third-order valence-corrected chi connectivity index (χ3v) is 8.07. The second-order valence-electron chi connectivity index (χ2n) is 9.56. The van der Waals surface area contributed by atoms with Crippen LogP contribution in [0, 0.1) is 6.92 Å². The van der Waals surface area contributed by atoms with Crippen LogP contribution in [0.3, 0.4) is 0 Å². The molecule has 42 heavy (non-hydrogen) atoms. The van der Waals surface area contributed by atoms with Crippen molar-refractivity contribution < 1.29 is 22.8 Å². The molecule has 2 aromatic carbocycles. The minimum absolute atomic E-state index is 0.00687. The van der Waals surface area contributed by atoms with E-state index >= 15 is 0 Å². The van der Waals surface area contributed by atoms with Crippen LogP contribution < -0.4 is 11.1 Å². The number of pyridine rings is 2. The Bertz CT molecular complexity index is 2030. The Labute approximate surface area is 240 Å². The Morgan fingerprint density at radius 2 is 1.69 bits per heavy atom. The summed E-state index contributed by atoms with van der Waals surface area (Å²) in [6, 6.07) is 18.0. The first kappa shape index (κ1) is 27.1. The van der Waals surface area contributed by atoms with Gasteiger partial charge in [0.1, 0.15) is 15.4 Å². The van der Waals surface area contributed by atoms with Gasteiger partial charge >= 0.3 is 6.18 Å². The SMILES string of the molecule is Cc1c(-c2cc(C(=O)Nc3c(C(N)=O)sc4nc(C(F)(F)F)cc(-c5ccccc5)c34)c3ccccc3n2)cnn1C. The molecule has 0 aliphatic rings. The summed E-state index contributed by atoms with van der Waals surface area (Å²) in [5, 5.41) is 7.79. The standard InChI is InChI=1S/C30H21F3N6O2S/c1-15-20(14-35-39(15)2)22-12-19(17-10-6-7-11-21(17)36-22)28(41)38-25-24-18(16-8-4-3-5-9-16)13-23(30(31,32)33)37-29(24)42-26(25)27(34)40/h3-14H,1-2H3,(H2,34,40)(H,38,41). The zero-order valence-electron chi connectivity index (χ0n) is 22.2. The molecule has 0 atom stereocenters. The van der Waals surface area contributed by atoms with E-state index in [9.17, 15) is 22.8 Å². The van der Waals surface area contributed by atoms with Gasteiger partial charge in [-0.25, -0.2) is 9.97 Å². The Hall–Kier alpha value is -5.10. The number of carbonyl (C=O) groups is 2. The molecule has 0 saturated heterocycles. The van der Waals surface area contributed by atoms with Crippen LogP contribution >= 0.6 is 11.3 Å². The molecule has 210 valence electrons. The summed E-state index contributed by atoms with van der Waals surface area (Å²) in [7, 11) is 1.79. The highest BCUT2D eigenvalue weighted by Crippen LogP contribution is 2.44. The molecule has 12 heteroatoms. The first-order valence-electron chi connectivity index (χ1n) is 12.6. The molecule has 6 aromatic rings. The maximum absolute atomic E-state index is 14.0. The van der Waals surface area contributed by atoms with Crippen LogP contribution in [0.25, 0.3) is 43.5 Å². The molecule has 8 nitrogen and oxygen atoms in total. The van der Waals surface area contributed by atoms with Crippen molar-refractivity contribution in [3.8, 4) is 22.4 Å². The number of amides is 2. The van der Waals surface area contributed by atoms with Crippen molar-refractivity contribution in [3.05, 3.63) is 94.8 Å². The predicted octanol–water partition coefficient (Wildman–Crippen LogP) is 6.59. The summed E-state index contributed by atoms with van der Waals surface area (Å²) in [6.07, 6.45) is -3.09. The average molecular weight is 587 g/mol. The number of nitrogens with zero attached hydrogens (tertiary/aromatic N) is 4. The van der Waals surface area contributed by atoms with Crippen molar-refractivity contribution in [3.63, 3.8) is 0 Å². The molecule has 0 aliphatic heterocycles. The molecule has 2 amide bonds. The quantitative estimate of drug-likeness (QED) is 0.236. The molecule has 0 spiro atoms. The van der Waals surface area contributed by atoms with Crippen LogP contribution in [0.5, 0.6) is 0 Å². The van der Waals surface area contributed by atoms with E-state index in [4.69, 9.17) is 10.7 Å². The number of fused-ring (bicyclic) bond motifs is 2. The van der Waals surface area contributed by atoms with Crippen molar-refractivity contribution in [1.82, 2.24) is 19.7 Å². The number of halogens is 3. The highest BCUT2D eigenvalue weighted by molar-refractivity contribution is 7.21. The van der Waals surface area contributed by atoms with Gasteiger partial charge in [0.2, 0.25) is 0 Å². The zero-order chi connectivity index (χ0) is 29.8. The third kappa shape index (κ3) is 4.65. The number of nitrogens with two attached hydrogens (primary N) is 1. The van der Waals surface area contributed by atoms with Crippen molar-refractivity contribution in [1.29, 1.82) is 0 Å². The second kappa shape index (κ2) is 10.1. The minimum Gasteiger partial charge on any atom is -0.365 e. The number of aryl methyl sites for hydroxylation is 1. The Kier molecular flexibility index (Phi) is 6.49. The monoisotopic (exact) mass is 586 g/mol. The summed E-state index contributed by atoms with van der Waals surface area (Å²) in [5.74, 6) is -1.51. The van der Waals surface area contributed by atoms with Gasteiger partial charge in [0.05, 0.1) is 28.7 Å². The van der Waals surface area contributed by atoms with E-state index in [1.165, 1.54) is 0 Å². The van der Waals surface area contributed by atoms with Crippen LogP contribution in [0.4, 0.5) is 18.9 Å². The van der Waals surface area contributed by atoms with Gasteiger partial charge in [0, 0.05) is 29.1 Å². The van der Waals surface area contributed by atoms with Gasteiger partial charge < -0.3 is 11.1 Å². The van der Waals surface area contributed by atoms with Gasteiger partial charge in [-0.15, -0.1) is 11.3 Å². The number of anilines is 1. The maximum Gasteiger partial charge on any atom is 0.433 e. The molecule has 0 aliphatic carbocycles. The van der Waals surface area contributed by atoms with Gasteiger partial charge in [-0.3, -0.25) is 14.3 Å². The molecule has 0 bridgehead atoms. The van der Waals surface area contributed by atoms with E-state index in [2.05, 4.69) is 15.4 Å². The van der Waals surface area contributed by atoms with E-state index in [1.807, 2.05) is 6.92 Å². The number of hydrogen-bond donors (Lipinski definition) is 2. The molecule has 4 heterocycles. The number of rotatable bonds is 5. The van der Waals surface area contributed by atoms with Crippen molar-refractivity contribution in [2.45, 2.75) is 13.1 Å².